The Morgan fingerprint density at radius 2 is 2.26 bits per heavy atom. The smallest absolute Gasteiger partial charge is 0.264 e. The van der Waals surface area contributed by atoms with E-state index in [4.69, 9.17) is 21.6 Å². The van der Waals surface area contributed by atoms with E-state index in [0.717, 1.165) is 5.56 Å². The Bertz CT molecular complexity index is 768. The molecule has 23 heavy (non-hydrogen) atoms. The zero-order chi connectivity index (χ0) is 16.4. The summed E-state index contributed by atoms with van der Waals surface area (Å²) >= 11 is 7.54. The number of benzene rings is 1. The van der Waals surface area contributed by atoms with E-state index in [0.29, 0.717) is 28.6 Å². The van der Waals surface area contributed by atoms with Crippen molar-refractivity contribution in [2.75, 3.05) is 13.2 Å². The van der Waals surface area contributed by atoms with Gasteiger partial charge in [-0.25, -0.2) is 0 Å². The summed E-state index contributed by atoms with van der Waals surface area (Å²) in [4.78, 5) is 15.1. The van der Waals surface area contributed by atoms with Gasteiger partial charge < -0.3 is 9.64 Å². The first kappa shape index (κ1) is 16.0. The number of carbonyl (C=O) groups is 1. The molecule has 1 aromatic carbocycles. The molecule has 0 N–H and O–H groups in total. The number of nitrogens with zero attached hydrogens (tertiary/aromatic N) is 2. The molecule has 1 aromatic heterocycles. The Kier molecular flexibility index (Phi) is 4.67. The second-order valence-electron chi connectivity index (χ2n) is 5.46. The molecular weight excluding hydrogens is 332 g/mol. The average Bonchev–Trinajstić information content (AvgIpc) is 3.04. The fraction of sp³-hybridized carbons (Fsp3) is 0.294. The molecule has 0 bridgehead atoms. The van der Waals surface area contributed by atoms with Crippen LogP contribution >= 0.6 is 22.9 Å². The van der Waals surface area contributed by atoms with E-state index in [-0.39, 0.29) is 18.1 Å². The first-order chi connectivity index (χ1) is 11.1. The molecule has 2 heterocycles. The molecule has 6 heteroatoms. The van der Waals surface area contributed by atoms with E-state index in [1.807, 2.05) is 31.2 Å². The monoisotopic (exact) mass is 346 g/mol. The topological polar surface area (TPSA) is 53.3 Å². The van der Waals surface area contributed by atoms with Crippen LogP contribution in [0, 0.1) is 11.3 Å². The van der Waals surface area contributed by atoms with Crippen LogP contribution in [0.1, 0.15) is 33.8 Å². The van der Waals surface area contributed by atoms with Gasteiger partial charge in [-0.05, 0) is 19.1 Å². The van der Waals surface area contributed by atoms with Gasteiger partial charge in [0.15, 0.2) is 0 Å². The third kappa shape index (κ3) is 3.25. The molecule has 0 spiro atoms. The van der Waals surface area contributed by atoms with Crippen molar-refractivity contribution in [3.63, 3.8) is 0 Å². The summed E-state index contributed by atoms with van der Waals surface area (Å²) in [6.07, 6.45) is -0.237. The number of hydrogen-bond donors (Lipinski definition) is 0. The summed E-state index contributed by atoms with van der Waals surface area (Å²) in [5.74, 6) is -0.0654. The van der Waals surface area contributed by atoms with Crippen molar-refractivity contribution in [3.8, 4) is 6.07 Å². The van der Waals surface area contributed by atoms with Gasteiger partial charge in [-0.15, -0.1) is 11.3 Å². The molecule has 4 nitrogen and oxygen atoms in total. The number of hydrogen-bond acceptors (Lipinski definition) is 4. The van der Waals surface area contributed by atoms with Crippen molar-refractivity contribution in [2.45, 2.75) is 19.1 Å². The normalized spacial score (nSPS) is 21.0. The lowest BCUT2D eigenvalue weighted by atomic mass is 10.1. The third-order valence-corrected chi connectivity index (χ3v) is 5.15. The van der Waals surface area contributed by atoms with Crippen LogP contribution in [0.25, 0.3) is 0 Å². The Hall–Kier alpha value is -1.87. The fourth-order valence-corrected chi connectivity index (χ4v) is 3.66. The zero-order valence-corrected chi connectivity index (χ0v) is 14.1. The lowest BCUT2D eigenvalue weighted by molar-refractivity contribution is -0.0484. The molecule has 1 saturated heterocycles. The van der Waals surface area contributed by atoms with Gasteiger partial charge in [-0.3, -0.25) is 4.79 Å². The van der Waals surface area contributed by atoms with Gasteiger partial charge in [0.25, 0.3) is 5.91 Å². The van der Waals surface area contributed by atoms with Crippen molar-refractivity contribution in [1.29, 1.82) is 5.26 Å². The maximum absolute atomic E-state index is 12.7. The molecular formula is C17H15ClN2O2S. The number of amides is 1. The highest BCUT2D eigenvalue weighted by Crippen LogP contribution is 2.31. The molecule has 2 atom stereocenters. The fourth-order valence-electron chi connectivity index (χ4n) is 2.61. The summed E-state index contributed by atoms with van der Waals surface area (Å²) in [6, 6.07) is 11.2. The molecule has 1 aliphatic heterocycles. The van der Waals surface area contributed by atoms with Crippen molar-refractivity contribution >= 4 is 28.8 Å². The molecule has 0 saturated carbocycles. The maximum Gasteiger partial charge on any atom is 0.264 e. The van der Waals surface area contributed by atoms with E-state index in [1.165, 1.54) is 11.3 Å². The zero-order valence-electron chi connectivity index (χ0n) is 12.5. The second-order valence-corrected chi connectivity index (χ2v) is 6.78. The van der Waals surface area contributed by atoms with Crippen LogP contribution in [0.5, 0.6) is 0 Å². The molecule has 1 fully saturated rings. The molecule has 118 valence electrons. The number of ether oxygens (including phenoxy) is 1. The van der Waals surface area contributed by atoms with Crippen LogP contribution in [-0.4, -0.2) is 30.0 Å². The number of rotatable bonds is 2. The average molecular weight is 347 g/mol. The Balaban J connectivity index is 1.82. The molecule has 0 aliphatic carbocycles. The van der Waals surface area contributed by atoms with Crippen LogP contribution in [0.3, 0.4) is 0 Å². The molecule has 0 unspecified atom stereocenters. The van der Waals surface area contributed by atoms with E-state index < -0.39 is 0 Å². The highest BCUT2D eigenvalue weighted by molar-refractivity contribution is 7.12. The van der Waals surface area contributed by atoms with E-state index in [1.54, 1.807) is 16.3 Å². The number of nitriles is 1. The third-order valence-electron chi connectivity index (χ3n) is 3.89. The van der Waals surface area contributed by atoms with Crippen LogP contribution < -0.4 is 0 Å². The standard InChI is InChI=1S/C17H15ClN2O2S/c1-11-9-22-15(13-4-2-3-5-14(13)18)8-20(11)17(21)16-6-12(7-19)10-23-16/h2-6,10-11,15H,8-9H2,1H3/t11-,15-/m0/s1. The molecule has 3 rings (SSSR count). The first-order valence-electron chi connectivity index (χ1n) is 7.25. The maximum atomic E-state index is 12.7. The summed E-state index contributed by atoms with van der Waals surface area (Å²) in [5.41, 5.74) is 1.41. The van der Waals surface area contributed by atoms with Crippen LogP contribution in [0.15, 0.2) is 35.7 Å². The van der Waals surface area contributed by atoms with Crippen LogP contribution in [-0.2, 0) is 4.74 Å². The van der Waals surface area contributed by atoms with Gasteiger partial charge >= 0.3 is 0 Å². The van der Waals surface area contributed by atoms with Gasteiger partial charge in [-0.2, -0.15) is 5.26 Å². The van der Waals surface area contributed by atoms with Gasteiger partial charge in [-0.1, -0.05) is 29.8 Å². The predicted molar refractivity (Wildman–Crippen MR) is 89.7 cm³/mol. The number of thiophene rings is 1. The summed E-state index contributed by atoms with van der Waals surface area (Å²) in [7, 11) is 0. The number of carbonyl (C=O) groups excluding carboxylic acids is 1. The summed E-state index contributed by atoms with van der Waals surface area (Å²) in [6.45, 7) is 2.86. The highest BCUT2D eigenvalue weighted by atomic mass is 35.5. The largest absolute Gasteiger partial charge is 0.369 e. The predicted octanol–water partition coefficient (Wildman–Crippen LogP) is 3.88. The van der Waals surface area contributed by atoms with Gasteiger partial charge in [0, 0.05) is 16.0 Å². The second kappa shape index (κ2) is 6.71. The summed E-state index contributed by atoms with van der Waals surface area (Å²) < 4.78 is 5.87. The van der Waals surface area contributed by atoms with Crippen molar-refractivity contribution < 1.29 is 9.53 Å². The SMILES string of the molecule is C[C@H]1CO[C@H](c2ccccc2Cl)CN1C(=O)c1cc(C#N)cs1. The minimum Gasteiger partial charge on any atom is -0.369 e. The lowest BCUT2D eigenvalue weighted by Gasteiger charge is -2.38. The Labute approximate surface area is 143 Å². The molecule has 1 aliphatic rings. The lowest BCUT2D eigenvalue weighted by Crippen LogP contribution is -2.48. The number of morpholine rings is 1. The van der Waals surface area contributed by atoms with E-state index in [9.17, 15) is 4.79 Å². The minimum absolute atomic E-state index is 0.0196. The van der Waals surface area contributed by atoms with E-state index in [2.05, 4.69) is 6.07 Å². The van der Waals surface area contributed by atoms with Crippen molar-refractivity contribution in [2.24, 2.45) is 0 Å². The quantitative estimate of drug-likeness (QED) is 0.829. The van der Waals surface area contributed by atoms with Gasteiger partial charge in [0.2, 0.25) is 0 Å². The highest BCUT2D eigenvalue weighted by Gasteiger charge is 2.32. The Morgan fingerprint density at radius 1 is 1.48 bits per heavy atom. The van der Waals surface area contributed by atoms with Crippen molar-refractivity contribution in [3.05, 3.63) is 56.7 Å². The summed E-state index contributed by atoms with van der Waals surface area (Å²) in [5, 5.41) is 11.3. The van der Waals surface area contributed by atoms with Crippen LogP contribution in [0.2, 0.25) is 5.02 Å². The number of halogens is 1. The van der Waals surface area contributed by atoms with Gasteiger partial charge in [0.05, 0.1) is 29.6 Å². The van der Waals surface area contributed by atoms with Crippen molar-refractivity contribution in [1.82, 2.24) is 4.90 Å². The van der Waals surface area contributed by atoms with Gasteiger partial charge in [0.1, 0.15) is 12.2 Å². The minimum atomic E-state index is -0.237. The Morgan fingerprint density at radius 3 is 2.96 bits per heavy atom. The first-order valence-corrected chi connectivity index (χ1v) is 8.51. The van der Waals surface area contributed by atoms with E-state index >= 15 is 0 Å². The molecule has 2 aromatic rings. The molecule has 0 radical (unpaired) electrons. The van der Waals surface area contributed by atoms with Crippen LogP contribution in [0.4, 0.5) is 0 Å². The molecule has 1 amide bonds.